The quantitative estimate of drug-likeness (QED) is 0.859. The first-order valence-electron chi connectivity index (χ1n) is 6.16. The second-order valence-electron chi connectivity index (χ2n) is 4.41. The van der Waals surface area contributed by atoms with Crippen molar-refractivity contribution in [2.24, 2.45) is 0 Å². The molecule has 1 unspecified atom stereocenters. The van der Waals surface area contributed by atoms with Gasteiger partial charge in [0, 0.05) is 13.5 Å². The molecule has 0 aromatic heterocycles. The van der Waals surface area contributed by atoms with E-state index < -0.39 is 17.5 Å². The topological polar surface area (TPSA) is 29.5 Å². The minimum atomic E-state index is -0.711. The number of hydrogen-bond donors (Lipinski definition) is 1. The Morgan fingerprint density at radius 3 is 2.50 bits per heavy atom. The number of aliphatic hydroxyl groups is 1. The molecule has 1 N–H and O–H groups in total. The second kappa shape index (κ2) is 6.50. The Balaban J connectivity index is 2.92. The molecule has 0 aliphatic carbocycles. The van der Waals surface area contributed by atoms with Gasteiger partial charge >= 0.3 is 0 Å². The number of hydrogen-bond acceptors (Lipinski definition) is 2. The summed E-state index contributed by atoms with van der Waals surface area (Å²) in [6.45, 7) is 3.92. The van der Waals surface area contributed by atoms with Crippen molar-refractivity contribution in [2.75, 3.05) is 7.11 Å². The molecule has 1 rings (SSSR count). The molecule has 0 aliphatic heterocycles. The van der Waals surface area contributed by atoms with Crippen molar-refractivity contribution in [3.8, 4) is 0 Å². The zero-order valence-corrected chi connectivity index (χ0v) is 11.8. The van der Waals surface area contributed by atoms with Crippen LogP contribution in [0.1, 0.15) is 32.3 Å². The smallest absolute Gasteiger partial charge is 0.142 e. The predicted octanol–water partition coefficient (Wildman–Crippen LogP) is 3.59. The molecular formula is C14H20ClFO2. The van der Waals surface area contributed by atoms with Crippen LogP contribution in [0.15, 0.2) is 18.2 Å². The molecule has 0 aliphatic rings. The highest BCUT2D eigenvalue weighted by Crippen LogP contribution is 2.29. The van der Waals surface area contributed by atoms with Crippen LogP contribution in [0.4, 0.5) is 4.39 Å². The Morgan fingerprint density at radius 2 is 2.00 bits per heavy atom. The first-order valence-corrected chi connectivity index (χ1v) is 6.54. The maximum atomic E-state index is 13.3. The SMILES string of the molecule is CCC(CC)(OC)C(O)Cc1cccc(F)c1Cl. The Kier molecular flexibility index (Phi) is 5.57. The standard InChI is InChI=1S/C14H20ClFO2/c1-4-14(5-2,18-3)12(17)9-10-7-6-8-11(16)13(10)15/h6-8,12,17H,4-5,9H2,1-3H3. The largest absolute Gasteiger partial charge is 0.390 e. The average molecular weight is 275 g/mol. The van der Waals surface area contributed by atoms with Crippen molar-refractivity contribution in [3.63, 3.8) is 0 Å². The van der Waals surface area contributed by atoms with Crippen molar-refractivity contribution >= 4 is 11.6 Å². The summed E-state index contributed by atoms with van der Waals surface area (Å²) in [6.07, 6.45) is 0.950. The Labute approximate surface area is 113 Å². The van der Waals surface area contributed by atoms with Gasteiger partial charge in [0.05, 0.1) is 16.7 Å². The molecule has 1 aromatic rings. The van der Waals surface area contributed by atoms with E-state index in [4.69, 9.17) is 16.3 Å². The molecule has 0 spiro atoms. The van der Waals surface area contributed by atoms with Crippen LogP contribution in [0.5, 0.6) is 0 Å². The van der Waals surface area contributed by atoms with Crippen LogP contribution in [0.3, 0.4) is 0 Å². The molecule has 1 atom stereocenters. The minimum Gasteiger partial charge on any atom is -0.390 e. The second-order valence-corrected chi connectivity index (χ2v) is 4.79. The van der Waals surface area contributed by atoms with Crippen LogP contribution >= 0.6 is 11.6 Å². The monoisotopic (exact) mass is 274 g/mol. The Bertz CT molecular complexity index is 383. The summed E-state index contributed by atoms with van der Waals surface area (Å²) < 4.78 is 18.8. The molecule has 1 aromatic carbocycles. The van der Waals surface area contributed by atoms with Gasteiger partial charge in [-0.15, -0.1) is 0 Å². The molecule has 0 amide bonds. The summed E-state index contributed by atoms with van der Waals surface area (Å²) in [7, 11) is 1.59. The fourth-order valence-corrected chi connectivity index (χ4v) is 2.45. The number of benzene rings is 1. The molecule has 0 bridgehead atoms. The third-order valence-corrected chi connectivity index (χ3v) is 4.08. The molecule has 102 valence electrons. The van der Waals surface area contributed by atoms with E-state index >= 15 is 0 Å². The fraction of sp³-hybridized carbons (Fsp3) is 0.571. The molecule has 0 saturated heterocycles. The summed E-state index contributed by atoms with van der Waals surface area (Å²) in [5.41, 5.74) is 0.00262. The van der Waals surface area contributed by atoms with Crippen molar-refractivity contribution < 1.29 is 14.2 Å². The van der Waals surface area contributed by atoms with Gasteiger partial charge in [-0.3, -0.25) is 0 Å². The first-order chi connectivity index (χ1) is 8.50. The van der Waals surface area contributed by atoms with Gasteiger partial charge < -0.3 is 9.84 Å². The van der Waals surface area contributed by atoms with Gasteiger partial charge in [-0.2, -0.15) is 0 Å². The number of rotatable bonds is 6. The zero-order valence-electron chi connectivity index (χ0n) is 11.0. The lowest BCUT2D eigenvalue weighted by molar-refractivity contribution is -0.106. The van der Waals surface area contributed by atoms with Gasteiger partial charge in [0.2, 0.25) is 0 Å². The lowest BCUT2D eigenvalue weighted by Crippen LogP contribution is -2.44. The summed E-state index contributed by atoms with van der Waals surface area (Å²) in [5, 5.41) is 10.4. The van der Waals surface area contributed by atoms with Crippen molar-refractivity contribution in [1.29, 1.82) is 0 Å². The van der Waals surface area contributed by atoms with Crippen molar-refractivity contribution in [1.82, 2.24) is 0 Å². The lowest BCUT2D eigenvalue weighted by atomic mass is 9.86. The highest BCUT2D eigenvalue weighted by molar-refractivity contribution is 6.31. The van der Waals surface area contributed by atoms with Crippen LogP contribution in [0, 0.1) is 5.82 Å². The molecule has 0 radical (unpaired) electrons. The molecule has 4 heteroatoms. The minimum absolute atomic E-state index is 0.0776. The Morgan fingerprint density at radius 1 is 1.39 bits per heavy atom. The van der Waals surface area contributed by atoms with Crippen LogP contribution in [-0.4, -0.2) is 23.9 Å². The van der Waals surface area contributed by atoms with Crippen molar-refractivity contribution in [3.05, 3.63) is 34.6 Å². The lowest BCUT2D eigenvalue weighted by Gasteiger charge is -2.35. The van der Waals surface area contributed by atoms with Crippen LogP contribution in [0.25, 0.3) is 0 Å². The number of ether oxygens (including phenoxy) is 1. The van der Waals surface area contributed by atoms with Gasteiger partial charge in [-0.25, -0.2) is 4.39 Å². The highest BCUT2D eigenvalue weighted by Gasteiger charge is 2.34. The van der Waals surface area contributed by atoms with Crippen molar-refractivity contribution in [2.45, 2.75) is 44.8 Å². The first kappa shape index (κ1) is 15.4. The zero-order chi connectivity index (χ0) is 13.8. The summed E-state index contributed by atoms with van der Waals surface area (Å²) in [5.74, 6) is -0.461. The van der Waals surface area contributed by atoms with E-state index in [1.165, 1.54) is 6.07 Å². The molecule has 0 heterocycles. The van der Waals surface area contributed by atoms with Gasteiger partial charge in [-0.1, -0.05) is 37.6 Å². The van der Waals surface area contributed by atoms with E-state index in [9.17, 15) is 9.50 Å². The maximum Gasteiger partial charge on any atom is 0.142 e. The third kappa shape index (κ3) is 3.02. The van der Waals surface area contributed by atoms with E-state index in [0.29, 0.717) is 18.4 Å². The van der Waals surface area contributed by atoms with Crippen LogP contribution in [0.2, 0.25) is 5.02 Å². The Hall–Kier alpha value is -0.640. The number of halogens is 2. The summed E-state index contributed by atoms with van der Waals surface area (Å²) in [4.78, 5) is 0. The molecule has 2 nitrogen and oxygen atoms in total. The fourth-order valence-electron chi connectivity index (χ4n) is 2.25. The van der Waals surface area contributed by atoms with E-state index in [1.807, 2.05) is 13.8 Å². The number of aliphatic hydroxyl groups excluding tert-OH is 1. The van der Waals surface area contributed by atoms with Gasteiger partial charge in [0.1, 0.15) is 5.82 Å². The van der Waals surface area contributed by atoms with Gasteiger partial charge in [0.15, 0.2) is 0 Å². The van der Waals surface area contributed by atoms with E-state index in [-0.39, 0.29) is 11.4 Å². The van der Waals surface area contributed by atoms with Crippen LogP contribution in [-0.2, 0) is 11.2 Å². The summed E-state index contributed by atoms with van der Waals surface area (Å²) in [6, 6.07) is 4.62. The van der Waals surface area contributed by atoms with Gasteiger partial charge in [0.25, 0.3) is 0 Å². The summed E-state index contributed by atoms with van der Waals surface area (Å²) >= 11 is 5.89. The maximum absolute atomic E-state index is 13.3. The molecule has 0 saturated carbocycles. The van der Waals surface area contributed by atoms with E-state index in [1.54, 1.807) is 19.2 Å². The van der Waals surface area contributed by atoms with E-state index in [2.05, 4.69) is 0 Å². The molecule has 0 fully saturated rings. The predicted molar refractivity (Wildman–Crippen MR) is 71.4 cm³/mol. The normalized spacial score (nSPS) is 13.7. The molecular weight excluding hydrogens is 255 g/mol. The number of methoxy groups -OCH3 is 1. The van der Waals surface area contributed by atoms with E-state index in [0.717, 1.165) is 0 Å². The van der Waals surface area contributed by atoms with Crippen LogP contribution < -0.4 is 0 Å². The highest BCUT2D eigenvalue weighted by atomic mass is 35.5. The van der Waals surface area contributed by atoms with Gasteiger partial charge in [-0.05, 0) is 24.5 Å². The third-order valence-electron chi connectivity index (χ3n) is 3.66. The molecule has 18 heavy (non-hydrogen) atoms. The average Bonchev–Trinajstić information content (AvgIpc) is 2.38.